The van der Waals surface area contributed by atoms with Crippen LogP contribution in [0.15, 0.2) is 36.4 Å². The molecule has 1 N–H and O–H groups in total. The molecule has 0 heterocycles. The van der Waals surface area contributed by atoms with Crippen molar-refractivity contribution in [3.63, 3.8) is 0 Å². The molecule has 0 aromatic heterocycles. The predicted molar refractivity (Wildman–Crippen MR) is 70.3 cm³/mol. The number of hydrogen-bond acceptors (Lipinski definition) is 1. The van der Waals surface area contributed by atoms with Gasteiger partial charge in [-0.15, -0.1) is 0 Å². The second-order valence-corrected chi connectivity index (χ2v) is 5.01. The van der Waals surface area contributed by atoms with Gasteiger partial charge in [0.15, 0.2) is 0 Å². The average molecular weight is 245 g/mol. The minimum atomic E-state index is -0.410. The predicted octanol–water partition coefficient (Wildman–Crippen LogP) is 3.96. The lowest BCUT2D eigenvalue weighted by molar-refractivity contribution is 0.199. The number of halogens is 1. The first-order chi connectivity index (χ1) is 8.15. The zero-order chi connectivity index (χ0) is 12.0. The van der Waals surface area contributed by atoms with Gasteiger partial charge < -0.3 is 5.11 Å². The molecule has 1 unspecified atom stereocenters. The van der Waals surface area contributed by atoms with E-state index in [2.05, 4.69) is 18.2 Å². The molecule has 86 valence electrons. The minimum absolute atomic E-state index is 0.410. The van der Waals surface area contributed by atoms with Crippen LogP contribution in [0.1, 0.15) is 29.7 Å². The Labute approximate surface area is 106 Å². The number of rotatable bonds is 1. The molecule has 3 rings (SSSR count). The fourth-order valence-corrected chi connectivity index (χ4v) is 2.65. The van der Waals surface area contributed by atoms with Gasteiger partial charge in [-0.25, -0.2) is 0 Å². The third-order valence-corrected chi connectivity index (χ3v) is 3.59. The summed E-state index contributed by atoms with van der Waals surface area (Å²) in [6.07, 6.45) is 0.499. The van der Waals surface area contributed by atoms with Crippen LogP contribution in [0, 0.1) is 0 Å². The second-order valence-electron chi connectivity index (χ2n) is 4.57. The van der Waals surface area contributed by atoms with Crippen LogP contribution >= 0.6 is 11.6 Å². The largest absolute Gasteiger partial charge is 0.389 e. The van der Waals surface area contributed by atoms with E-state index in [1.165, 1.54) is 22.3 Å². The van der Waals surface area contributed by atoms with Gasteiger partial charge in [0, 0.05) is 5.02 Å². The lowest BCUT2D eigenvalue weighted by atomic mass is 10.0. The minimum Gasteiger partial charge on any atom is -0.389 e. The lowest BCUT2D eigenvalue weighted by Gasteiger charge is -2.07. The first kappa shape index (κ1) is 10.8. The van der Waals surface area contributed by atoms with Crippen molar-refractivity contribution in [2.24, 2.45) is 0 Å². The first-order valence-corrected chi connectivity index (χ1v) is 6.12. The van der Waals surface area contributed by atoms with Crippen molar-refractivity contribution in [2.45, 2.75) is 19.4 Å². The number of benzene rings is 2. The summed E-state index contributed by atoms with van der Waals surface area (Å²) in [7, 11) is 0. The van der Waals surface area contributed by atoms with Gasteiger partial charge >= 0.3 is 0 Å². The van der Waals surface area contributed by atoms with Crippen molar-refractivity contribution in [1.82, 2.24) is 0 Å². The molecule has 1 aliphatic rings. The van der Waals surface area contributed by atoms with Gasteiger partial charge in [0.05, 0.1) is 6.10 Å². The standard InChI is InChI=1S/C15H13ClO/c1-9(17)10-2-4-14-11(6-10)7-12-8-13(16)3-5-15(12)14/h2-6,8-9,17H,7H2,1H3. The summed E-state index contributed by atoms with van der Waals surface area (Å²) in [6.45, 7) is 1.79. The Balaban J connectivity index is 2.12. The van der Waals surface area contributed by atoms with Gasteiger partial charge in [-0.3, -0.25) is 0 Å². The monoisotopic (exact) mass is 244 g/mol. The van der Waals surface area contributed by atoms with E-state index >= 15 is 0 Å². The van der Waals surface area contributed by atoms with E-state index in [9.17, 15) is 5.11 Å². The quantitative estimate of drug-likeness (QED) is 0.687. The van der Waals surface area contributed by atoms with Crippen molar-refractivity contribution >= 4 is 11.6 Å². The zero-order valence-corrected chi connectivity index (χ0v) is 10.3. The number of aliphatic hydroxyl groups excluding tert-OH is 1. The Morgan fingerprint density at radius 3 is 2.41 bits per heavy atom. The summed E-state index contributed by atoms with van der Waals surface area (Å²) in [6, 6.07) is 12.2. The molecule has 0 bridgehead atoms. The summed E-state index contributed by atoms with van der Waals surface area (Å²) in [5.74, 6) is 0. The Kier molecular flexibility index (Phi) is 2.46. The highest BCUT2D eigenvalue weighted by Crippen LogP contribution is 2.38. The van der Waals surface area contributed by atoms with E-state index in [-0.39, 0.29) is 0 Å². The van der Waals surface area contributed by atoms with Crippen LogP contribution in [-0.4, -0.2) is 5.11 Å². The van der Waals surface area contributed by atoms with Gasteiger partial charge in [0.25, 0.3) is 0 Å². The highest BCUT2D eigenvalue weighted by molar-refractivity contribution is 6.30. The Hall–Kier alpha value is -1.31. The number of hydrogen-bond donors (Lipinski definition) is 1. The fourth-order valence-electron chi connectivity index (χ4n) is 2.46. The van der Waals surface area contributed by atoms with Crippen molar-refractivity contribution in [3.8, 4) is 11.1 Å². The van der Waals surface area contributed by atoms with Crippen molar-refractivity contribution < 1.29 is 5.11 Å². The van der Waals surface area contributed by atoms with E-state index in [0.717, 1.165) is 17.0 Å². The highest BCUT2D eigenvalue weighted by Gasteiger charge is 2.19. The normalized spacial score (nSPS) is 14.3. The molecule has 0 aliphatic heterocycles. The van der Waals surface area contributed by atoms with Gasteiger partial charge in [0.2, 0.25) is 0 Å². The van der Waals surface area contributed by atoms with E-state index in [0.29, 0.717) is 0 Å². The van der Waals surface area contributed by atoms with E-state index in [1.807, 2.05) is 18.2 Å². The summed E-state index contributed by atoms with van der Waals surface area (Å²) < 4.78 is 0. The van der Waals surface area contributed by atoms with Crippen LogP contribution in [0.5, 0.6) is 0 Å². The highest BCUT2D eigenvalue weighted by atomic mass is 35.5. The van der Waals surface area contributed by atoms with Crippen molar-refractivity contribution in [1.29, 1.82) is 0 Å². The molecule has 0 spiro atoms. The Bertz CT molecular complexity index is 587. The van der Waals surface area contributed by atoms with Crippen LogP contribution in [0.2, 0.25) is 5.02 Å². The van der Waals surface area contributed by atoms with Crippen LogP contribution in [0.4, 0.5) is 0 Å². The summed E-state index contributed by atoms with van der Waals surface area (Å²) in [4.78, 5) is 0. The summed E-state index contributed by atoms with van der Waals surface area (Å²) in [5, 5.41) is 10.4. The maximum atomic E-state index is 9.59. The molecule has 1 atom stereocenters. The molecular formula is C15H13ClO. The van der Waals surface area contributed by atoms with Crippen LogP contribution in [-0.2, 0) is 6.42 Å². The molecule has 1 aliphatic carbocycles. The number of aliphatic hydroxyl groups is 1. The molecule has 17 heavy (non-hydrogen) atoms. The third-order valence-electron chi connectivity index (χ3n) is 3.35. The Morgan fingerprint density at radius 2 is 1.71 bits per heavy atom. The lowest BCUT2D eigenvalue weighted by Crippen LogP contribution is -1.92. The molecule has 0 saturated carbocycles. The van der Waals surface area contributed by atoms with E-state index < -0.39 is 6.10 Å². The summed E-state index contributed by atoms with van der Waals surface area (Å²) >= 11 is 6.01. The molecular weight excluding hydrogens is 232 g/mol. The molecule has 2 aromatic carbocycles. The molecule has 2 aromatic rings. The van der Waals surface area contributed by atoms with Gasteiger partial charge in [-0.05, 0) is 53.3 Å². The van der Waals surface area contributed by atoms with Crippen molar-refractivity contribution in [3.05, 3.63) is 58.1 Å². The molecule has 0 radical (unpaired) electrons. The molecule has 2 heteroatoms. The molecule has 0 saturated heterocycles. The fraction of sp³-hybridized carbons (Fsp3) is 0.200. The maximum absolute atomic E-state index is 9.59. The van der Waals surface area contributed by atoms with Gasteiger partial charge in [-0.1, -0.05) is 35.9 Å². The molecule has 0 amide bonds. The second kappa shape index (κ2) is 3.86. The van der Waals surface area contributed by atoms with Gasteiger partial charge in [-0.2, -0.15) is 0 Å². The third kappa shape index (κ3) is 1.76. The van der Waals surface area contributed by atoms with Gasteiger partial charge in [0.1, 0.15) is 0 Å². The SMILES string of the molecule is CC(O)c1ccc2c(c1)Cc1cc(Cl)ccc1-2. The first-order valence-electron chi connectivity index (χ1n) is 5.75. The number of fused-ring (bicyclic) bond motifs is 3. The molecule has 0 fully saturated rings. The van der Waals surface area contributed by atoms with Crippen LogP contribution < -0.4 is 0 Å². The smallest absolute Gasteiger partial charge is 0.0762 e. The topological polar surface area (TPSA) is 20.2 Å². The van der Waals surface area contributed by atoms with Crippen LogP contribution in [0.25, 0.3) is 11.1 Å². The van der Waals surface area contributed by atoms with Crippen molar-refractivity contribution in [2.75, 3.05) is 0 Å². The molecule has 1 nitrogen and oxygen atoms in total. The van der Waals surface area contributed by atoms with E-state index in [1.54, 1.807) is 6.92 Å². The summed E-state index contributed by atoms with van der Waals surface area (Å²) in [5.41, 5.74) is 6.06. The zero-order valence-electron chi connectivity index (χ0n) is 9.57. The maximum Gasteiger partial charge on any atom is 0.0762 e. The Morgan fingerprint density at radius 1 is 1.06 bits per heavy atom. The average Bonchev–Trinajstić information content (AvgIpc) is 2.64. The van der Waals surface area contributed by atoms with E-state index in [4.69, 9.17) is 11.6 Å². The van der Waals surface area contributed by atoms with Crippen LogP contribution in [0.3, 0.4) is 0 Å².